The minimum absolute atomic E-state index is 0.00898. The minimum atomic E-state index is -0.307. The Morgan fingerprint density at radius 3 is 2.44 bits per heavy atom. The number of fused-ring (bicyclic) bond motifs is 1. The molecule has 5 heteroatoms. The Labute approximate surface area is 159 Å². The third kappa shape index (κ3) is 3.05. The largest absolute Gasteiger partial charge is 0.345 e. The fourth-order valence-electron chi connectivity index (χ4n) is 6.39. The highest BCUT2D eigenvalue weighted by molar-refractivity contribution is 6.05. The van der Waals surface area contributed by atoms with Gasteiger partial charge in [0.2, 0.25) is 0 Å². The topological polar surface area (TPSA) is 46.9 Å². The predicted molar refractivity (Wildman–Crippen MR) is 103 cm³/mol. The smallest absolute Gasteiger partial charge is 0.272 e. The van der Waals surface area contributed by atoms with E-state index in [4.69, 9.17) is 0 Å². The van der Waals surface area contributed by atoms with Crippen molar-refractivity contribution in [3.63, 3.8) is 0 Å². The molecular weight excluding hydrogens is 341 g/mol. The molecule has 1 aromatic heterocycles. The van der Waals surface area contributed by atoms with Crippen LogP contribution in [0.15, 0.2) is 24.3 Å². The van der Waals surface area contributed by atoms with Gasteiger partial charge < -0.3 is 5.32 Å². The van der Waals surface area contributed by atoms with E-state index in [0.29, 0.717) is 18.7 Å². The Morgan fingerprint density at radius 2 is 1.78 bits per heavy atom. The number of halogens is 1. The number of aromatic nitrogens is 2. The highest BCUT2D eigenvalue weighted by Gasteiger charge is 2.51. The minimum Gasteiger partial charge on any atom is -0.345 e. The van der Waals surface area contributed by atoms with Crippen LogP contribution >= 0.6 is 0 Å². The number of rotatable bonds is 6. The molecule has 1 heterocycles. The number of nitrogens with zero attached hydrogens (tertiary/aromatic N) is 2. The van der Waals surface area contributed by atoms with Crippen LogP contribution in [0, 0.1) is 17.8 Å². The van der Waals surface area contributed by atoms with Crippen molar-refractivity contribution in [3.05, 3.63) is 30.0 Å². The summed E-state index contributed by atoms with van der Waals surface area (Å²) in [5.74, 6) is 2.36. The molecule has 4 fully saturated rings. The fraction of sp³-hybridized carbons (Fsp3) is 0.636. The van der Waals surface area contributed by atoms with Gasteiger partial charge in [-0.3, -0.25) is 13.9 Å². The van der Waals surface area contributed by atoms with Crippen molar-refractivity contribution in [1.82, 2.24) is 15.1 Å². The van der Waals surface area contributed by atoms with Crippen LogP contribution < -0.4 is 5.32 Å². The van der Waals surface area contributed by atoms with Crippen molar-refractivity contribution in [2.24, 2.45) is 17.8 Å². The number of carbonyl (C=O) groups is 1. The normalized spacial score (nSPS) is 31.5. The van der Waals surface area contributed by atoms with Crippen LogP contribution in [-0.4, -0.2) is 27.9 Å². The average molecular weight is 369 g/mol. The van der Waals surface area contributed by atoms with Gasteiger partial charge in [0.1, 0.15) is 0 Å². The fourth-order valence-corrected chi connectivity index (χ4v) is 6.39. The highest BCUT2D eigenvalue weighted by Crippen LogP contribution is 2.55. The molecule has 0 aliphatic heterocycles. The molecule has 4 aliphatic carbocycles. The monoisotopic (exact) mass is 369 g/mol. The number of hydrogen-bond acceptors (Lipinski definition) is 2. The third-order valence-corrected chi connectivity index (χ3v) is 7.04. The highest BCUT2D eigenvalue weighted by atomic mass is 19.1. The SMILES string of the molecule is O=C(NC12CC3CC(CC(C3)C1)C2)c1nn(CCCCF)c2ccccc12. The number of hydrogen-bond donors (Lipinski definition) is 1. The summed E-state index contributed by atoms with van der Waals surface area (Å²) in [5, 5.41) is 8.98. The van der Waals surface area contributed by atoms with Gasteiger partial charge in [0.05, 0.1) is 12.2 Å². The van der Waals surface area contributed by atoms with Crippen LogP contribution in [0.5, 0.6) is 0 Å². The lowest BCUT2D eigenvalue weighted by molar-refractivity contribution is -0.0167. The van der Waals surface area contributed by atoms with E-state index < -0.39 is 0 Å². The first-order valence-electron chi connectivity index (χ1n) is 10.5. The maximum Gasteiger partial charge on any atom is 0.272 e. The van der Waals surface area contributed by atoms with Gasteiger partial charge in [0, 0.05) is 17.5 Å². The van der Waals surface area contributed by atoms with Crippen LogP contribution in [0.25, 0.3) is 10.9 Å². The van der Waals surface area contributed by atoms with E-state index in [-0.39, 0.29) is 18.1 Å². The van der Waals surface area contributed by atoms with Gasteiger partial charge in [-0.15, -0.1) is 0 Å². The standard InChI is InChI=1S/C22H28FN3O/c23-7-3-4-8-26-19-6-2-1-5-18(19)20(25-26)21(27)24-22-12-15-9-16(13-22)11-17(10-15)14-22/h1-2,5-6,15-17H,3-4,7-14H2,(H,24,27). The summed E-state index contributed by atoms with van der Waals surface area (Å²) in [5.41, 5.74) is 1.49. The number of nitrogens with one attached hydrogen (secondary N) is 1. The quantitative estimate of drug-likeness (QED) is 0.763. The summed E-state index contributed by atoms with van der Waals surface area (Å²) in [4.78, 5) is 13.2. The van der Waals surface area contributed by atoms with E-state index in [9.17, 15) is 9.18 Å². The molecule has 1 amide bonds. The van der Waals surface area contributed by atoms with Crippen LogP contribution in [0.1, 0.15) is 61.9 Å². The Morgan fingerprint density at radius 1 is 1.11 bits per heavy atom. The second kappa shape index (κ2) is 6.61. The molecule has 1 N–H and O–H groups in total. The second-order valence-electron chi connectivity index (χ2n) is 9.14. The van der Waals surface area contributed by atoms with E-state index in [1.54, 1.807) is 0 Å². The summed E-state index contributed by atoms with van der Waals surface area (Å²) in [6.07, 6.45) is 8.77. The van der Waals surface area contributed by atoms with Gasteiger partial charge >= 0.3 is 0 Å². The molecule has 0 saturated heterocycles. The Hall–Kier alpha value is -1.91. The number of unbranched alkanes of at least 4 members (excludes halogenated alkanes) is 1. The molecule has 2 aromatic rings. The molecule has 0 spiro atoms. The summed E-state index contributed by atoms with van der Waals surface area (Å²) in [7, 11) is 0. The molecule has 0 radical (unpaired) electrons. The predicted octanol–water partition coefficient (Wildman–Crippen LogP) is 4.48. The van der Waals surface area contributed by atoms with E-state index in [1.807, 2.05) is 28.9 Å². The first kappa shape index (κ1) is 17.2. The first-order valence-corrected chi connectivity index (χ1v) is 10.5. The number of benzene rings is 1. The number of alkyl halides is 1. The zero-order valence-corrected chi connectivity index (χ0v) is 15.8. The molecule has 4 nitrogen and oxygen atoms in total. The molecule has 0 atom stereocenters. The number of carbonyl (C=O) groups excluding carboxylic acids is 1. The van der Waals surface area contributed by atoms with Gasteiger partial charge in [-0.25, -0.2) is 0 Å². The molecule has 4 saturated carbocycles. The van der Waals surface area contributed by atoms with Crippen molar-refractivity contribution in [3.8, 4) is 0 Å². The molecule has 6 rings (SSSR count). The van der Waals surface area contributed by atoms with Gasteiger partial charge in [-0.2, -0.15) is 5.10 Å². The molecule has 1 aromatic carbocycles. The van der Waals surface area contributed by atoms with Crippen LogP contribution in [0.2, 0.25) is 0 Å². The third-order valence-electron chi connectivity index (χ3n) is 7.04. The van der Waals surface area contributed by atoms with Crippen LogP contribution in [-0.2, 0) is 6.54 Å². The van der Waals surface area contributed by atoms with Crippen molar-refractivity contribution >= 4 is 16.8 Å². The molecular formula is C22H28FN3O. The molecule has 4 bridgehead atoms. The van der Waals surface area contributed by atoms with E-state index in [0.717, 1.165) is 54.3 Å². The average Bonchev–Trinajstić information content (AvgIpc) is 3.00. The maximum atomic E-state index is 13.2. The second-order valence-corrected chi connectivity index (χ2v) is 9.14. The van der Waals surface area contributed by atoms with Crippen LogP contribution in [0.4, 0.5) is 4.39 Å². The number of amides is 1. The summed E-state index contributed by atoms with van der Waals surface area (Å²) < 4.78 is 14.3. The zero-order valence-electron chi connectivity index (χ0n) is 15.8. The van der Waals surface area contributed by atoms with E-state index in [2.05, 4.69) is 10.4 Å². The molecule has 27 heavy (non-hydrogen) atoms. The van der Waals surface area contributed by atoms with Crippen molar-refractivity contribution in [2.75, 3.05) is 6.67 Å². The molecule has 4 aliphatic rings. The lowest BCUT2D eigenvalue weighted by Gasteiger charge is -2.56. The summed E-state index contributed by atoms with van der Waals surface area (Å²) in [6.45, 7) is 0.341. The lowest BCUT2D eigenvalue weighted by Crippen LogP contribution is -2.59. The van der Waals surface area contributed by atoms with E-state index in [1.165, 1.54) is 19.3 Å². The number of para-hydroxylation sites is 1. The van der Waals surface area contributed by atoms with Crippen LogP contribution in [0.3, 0.4) is 0 Å². The summed E-state index contributed by atoms with van der Waals surface area (Å²) in [6, 6.07) is 7.90. The Kier molecular flexibility index (Phi) is 4.21. The van der Waals surface area contributed by atoms with Crippen molar-refractivity contribution in [2.45, 2.75) is 63.5 Å². The lowest BCUT2D eigenvalue weighted by atomic mass is 9.53. The van der Waals surface area contributed by atoms with Crippen molar-refractivity contribution in [1.29, 1.82) is 0 Å². The summed E-state index contributed by atoms with van der Waals surface area (Å²) >= 11 is 0. The van der Waals surface area contributed by atoms with E-state index >= 15 is 0 Å². The molecule has 144 valence electrons. The van der Waals surface area contributed by atoms with Gasteiger partial charge in [-0.1, -0.05) is 18.2 Å². The Bertz CT molecular complexity index is 823. The van der Waals surface area contributed by atoms with Gasteiger partial charge in [0.15, 0.2) is 5.69 Å². The van der Waals surface area contributed by atoms with Gasteiger partial charge in [-0.05, 0) is 75.2 Å². The maximum absolute atomic E-state index is 13.2. The number of aryl methyl sites for hydroxylation is 1. The Balaban J connectivity index is 1.41. The zero-order chi connectivity index (χ0) is 18.4. The molecule has 0 unspecified atom stereocenters. The van der Waals surface area contributed by atoms with Gasteiger partial charge in [0.25, 0.3) is 5.91 Å². The first-order chi connectivity index (χ1) is 13.2. The van der Waals surface area contributed by atoms with Crippen molar-refractivity contribution < 1.29 is 9.18 Å².